The summed E-state index contributed by atoms with van der Waals surface area (Å²) in [5.41, 5.74) is 5.92. The Bertz CT molecular complexity index is 885. The topological polar surface area (TPSA) is 46.5 Å². The predicted octanol–water partition coefficient (Wildman–Crippen LogP) is 5.40. The lowest BCUT2D eigenvalue weighted by atomic mass is 9.62. The van der Waals surface area contributed by atoms with Crippen molar-refractivity contribution in [2.24, 2.45) is 5.92 Å². The second-order valence-corrected chi connectivity index (χ2v) is 9.71. The van der Waals surface area contributed by atoms with Gasteiger partial charge in [0.1, 0.15) is 0 Å². The van der Waals surface area contributed by atoms with E-state index < -0.39 is 5.97 Å². The quantitative estimate of drug-likeness (QED) is 0.716. The molecular weight excluding hydrogens is 348 g/mol. The molecule has 0 bridgehead atoms. The van der Waals surface area contributed by atoms with Gasteiger partial charge in [-0.05, 0) is 58.4 Å². The van der Waals surface area contributed by atoms with E-state index in [1.165, 1.54) is 41.2 Å². The predicted molar refractivity (Wildman–Crippen MR) is 112 cm³/mol. The summed E-state index contributed by atoms with van der Waals surface area (Å²) in [5.74, 6) is -0.657. The van der Waals surface area contributed by atoms with Gasteiger partial charge in [-0.15, -0.1) is 0 Å². The molecule has 1 saturated heterocycles. The first-order valence-electron chi connectivity index (χ1n) is 10.3. The van der Waals surface area contributed by atoms with Crippen molar-refractivity contribution in [2.75, 3.05) is 0 Å². The minimum atomic E-state index is -0.927. The van der Waals surface area contributed by atoms with E-state index in [-0.39, 0.29) is 29.0 Å². The van der Waals surface area contributed by atoms with Crippen LogP contribution < -0.4 is 0 Å². The molecule has 2 aliphatic carbocycles. The first-order valence-corrected chi connectivity index (χ1v) is 10.3. The van der Waals surface area contributed by atoms with Gasteiger partial charge in [-0.3, -0.25) is 0 Å². The fourth-order valence-electron chi connectivity index (χ4n) is 5.00. The standard InChI is InChI=1S/C25H30O3/c1-24(2)12-13-25(3,4)21-14-16(8-10-20(21)24)18-6-5-7-22-19(18)15-17(28-22)9-11-23(26)27/h5-11,14,17,19,22H,12-13,15H2,1-4H3,(H,26,27)/b11-9+. The summed E-state index contributed by atoms with van der Waals surface area (Å²) in [5, 5.41) is 8.90. The fourth-order valence-corrected chi connectivity index (χ4v) is 5.00. The lowest BCUT2D eigenvalue weighted by Crippen LogP contribution is -2.34. The minimum absolute atomic E-state index is 0.0175. The maximum Gasteiger partial charge on any atom is 0.328 e. The number of ether oxygens (including phenoxy) is 1. The molecule has 3 aliphatic rings. The van der Waals surface area contributed by atoms with Crippen molar-refractivity contribution >= 4 is 11.5 Å². The van der Waals surface area contributed by atoms with Gasteiger partial charge in [0.15, 0.2) is 0 Å². The largest absolute Gasteiger partial charge is 0.478 e. The molecule has 0 radical (unpaired) electrons. The lowest BCUT2D eigenvalue weighted by molar-refractivity contribution is -0.131. The van der Waals surface area contributed by atoms with Gasteiger partial charge in [0.25, 0.3) is 0 Å². The zero-order chi connectivity index (χ0) is 20.1. The number of carboxylic acids is 1. The summed E-state index contributed by atoms with van der Waals surface area (Å²) in [7, 11) is 0. The zero-order valence-corrected chi connectivity index (χ0v) is 17.2. The second-order valence-electron chi connectivity index (χ2n) is 9.71. The Morgan fingerprint density at radius 3 is 2.57 bits per heavy atom. The Labute approximate surface area is 167 Å². The van der Waals surface area contributed by atoms with Crippen molar-refractivity contribution in [3.63, 3.8) is 0 Å². The number of hydrogen-bond donors (Lipinski definition) is 1. The maximum atomic E-state index is 10.8. The number of aliphatic carboxylic acids is 1. The van der Waals surface area contributed by atoms with E-state index in [4.69, 9.17) is 9.84 Å². The molecule has 3 heteroatoms. The molecule has 1 aliphatic heterocycles. The maximum absolute atomic E-state index is 10.8. The molecule has 3 nitrogen and oxygen atoms in total. The summed E-state index contributed by atoms with van der Waals surface area (Å²) in [6, 6.07) is 7.00. The number of carboxylic acid groups (broad SMARTS) is 1. The molecule has 0 saturated carbocycles. The van der Waals surface area contributed by atoms with E-state index in [9.17, 15) is 4.79 Å². The van der Waals surface area contributed by atoms with E-state index >= 15 is 0 Å². The molecule has 3 unspecified atom stereocenters. The zero-order valence-electron chi connectivity index (χ0n) is 17.2. The molecule has 148 valence electrons. The number of hydrogen-bond acceptors (Lipinski definition) is 2. The van der Waals surface area contributed by atoms with Gasteiger partial charge in [0.2, 0.25) is 0 Å². The van der Waals surface area contributed by atoms with Gasteiger partial charge >= 0.3 is 5.97 Å². The number of fused-ring (bicyclic) bond motifs is 2. The number of benzene rings is 1. The first-order chi connectivity index (χ1) is 13.2. The van der Waals surface area contributed by atoms with Crippen LogP contribution in [0, 0.1) is 5.92 Å². The Kier molecular flexibility index (Phi) is 4.62. The van der Waals surface area contributed by atoms with Crippen LogP contribution in [0.3, 0.4) is 0 Å². The fraction of sp³-hybridized carbons (Fsp3) is 0.480. The normalized spacial score (nSPS) is 30.0. The van der Waals surface area contributed by atoms with Crippen LogP contribution in [0.1, 0.15) is 63.6 Å². The van der Waals surface area contributed by atoms with Crippen molar-refractivity contribution in [3.8, 4) is 0 Å². The number of allylic oxidation sites excluding steroid dienone is 2. The molecule has 0 amide bonds. The van der Waals surface area contributed by atoms with Crippen LogP contribution in [-0.2, 0) is 20.4 Å². The van der Waals surface area contributed by atoms with Gasteiger partial charge in [0, 0.05) is 12.0 Å². The van der Waals surface area contributed by atoms with Gasteiger partial charge in [-0.2, -0.15) is 0 Å². The Balaban J connectivity index is 1.67. The summed E-state index contributed by atoms with van der Waals surface area (Å²) >= 11 is 0. The van der Waals surface area contributed by atoms with Crippen LogP contribution in [0.4, 0.5) is 0 Å². The van der Waals surface area contributed by atoms with E-state index in [0.29, 0.717) is 0 Å². The van der Waals surface area contributed by atoms with Gasteiger partial charge in [-0.25, -0.2) is 4.79 Å². The molecule has 0 spiro atoms. The average Bonchev–Trinajstić information content (AvgIpc) is 3.07. The van der Waals surface area contributed by atoms with Gasteiger partial charge in [-0.1, -0.05) is 64.1 Å². The molecule has 0 aromatic heterocycles. The van der Waals surface area contributed by atoms with Gasteiger partial charge in [0.05, 0.1) is 12.2 Å². The number of carbonyl (C=O) groups is 1. The molecule has 1 aromatic carbocycles. The smallest absolute Gasteiger partial charge is 0.328 e. The average molecular weight is 379 g/mol. The third-order valence-corrected chi connectivity index (χ3v) is 6.83. The van der Waals surface area contributed by atoms with Crippen LogP contribution in [0.25, 0.3) is 5.57 Å². The summed E-state index contributed by atoms with van der Waals surface area (Å²) in [6.07, 6.45) is 12.3. The monoisotopic (exact) mass is 378 g/mol. The molecule has 1 aromatic rings. The Morgan fingerprint density at radius 1 is 1.14 bits per heavy atom. The van der Waals surface area contributed by atoms with Crippen LogP contribution in [0.5, 0.6) is 0 Å². The third kappa shape index (κ3) is 3.37. The van der Waals surface area contributed by atoms with Crippen LogP contribution in [-0.4, -0.2) is 23.3 Å². The molecule has 1 fully saturated rings. The van der Waals surface area contributed by atoms with E-state index in [1.54, 1.807) is 6.08 Å². The highest BCUT2D eigenvalue weighted by Crippen LogP contribution is 2.48. The van der Waals surface area contributed by atoms with Gasteiger partial charge < -0.3 is 9.84 Å². The van der Waals surface area contributed by atoms with Crippen LogP contribution in [0.2, 0.25) is 0 Å². The summed E-state index contributed by atoms with van der Waals surface area (Å²) in [6.45, 7) is 9.41. The highest BCUT2D eigenvalue weighted by molar-refractivity contribution is 5.80. The highest BCUT2D eigenvalue weighted by atomic mass is 16.5. The summed E-state index contributed by atoms with van der Waals surface area (Å²) in [4.78, 5) is 10.8. The van der Waals surface area contributed by atoms with Crippen LogP contribution >= 0.6 is 0 Å². The minimum Gasteiger partial charge on any atom is -0.478 e. The number of rotatable bonds is 3. The second kappa shape index (κ2) is 6.73. The van der Waals surface area contributed by atoms with Crippen molar-refractivity contribution in [1.82, 2.24) is 0 Å². The Morgan fingerprint density at radius 2 is 1.86 bits per heavy atom. The molecule has 1 heterocycles. The molecule has 4 rings (SSSR count). The van der Waals surface area contributed by atoms with E-state index in [0.717, 1.165) is 6.42 Å². The van der Waals surface area contributed by atoms with E-state index in [2.05, 4.69) is 64.1 Å². The van der Waals surface area contributed by atoms with E-state index in [1.807, 2.05) is 0 Å². The first kappa shape index (κ1) is 19.2. The molecule has 3 atom stereocenters. The SMILES string of the molecule is CC1(C)CCC(C)(C)c2cc(C3=CC=CC4OC(/C=C/C(=O)O)CC34)ccc21. The van der Waals surface area contributed by atoms with Crippen LogP contribution in [0.15, 0.2) is 48.6 Å². The highest BCUT2D eigenvalue weighted by Gasteiger charge is 2.39. The molecule has 28 heavy (non-hydrogen) atoms. The molecular formula is C25H30O3. The lowest BCUT2D eigenvalue weighted by Gasteiger charge is -2.42. The molecule has 1 N–H and O–H groups in total. The van der Waals surface area contributed by atoms with Crippen molar-refractivity contribution in [1.29, 1.82) is 0 Å². The van der Waals surface area contributed by atoms with Crippen molar-refractivity contribution in [3.05, 3.63) is 65.3 Å². The van der Waals surface area contributed by atoms with Crippen molar-refractivity contribution in [2.45, 2.75) is 70.0 Å². The third-order valence-electron chi connectivity index (χ3n) is 6.83. The summed E-state index contributed by atoms with van der Waals surface area (Å²) < 4.78 is 6.08. The van der Waals surface area contributed by atoms with Crippen molar-refractivity contribution < 1.29 is 14.6 Å². The Hall–Kier alpha value is -2.13.